The molecule has 0 bridgehead atoms. The number of rotatable bonds is 5. The van der Waals surface area contributed by atoms with Crippen molar-refractivity contribution in [3.8, 4) is 0 Å². The lowest BCUT2D eigenvalue weighted by Crippen LogP contribution is -2.63. The zero-order chi connectivity index (χ0) is 19.7. The van der Waals surface area contributed by atoms with Crippen LogP contribution < -0.4 is 5.32 Å². The Bertz CT molecular complexity index is 863. The fraction of sp³-hybridized carbons (Fsp3) is 0.278. The van der Waals surface area contributed by atoms with E-state index in [0.29, 0.717) is 12.0 Å². The van der Waals surface area contributed by atoms with Crippen LogP contribution in [0.3, 0.4) is 0 Å². The number of furan rings is 1. The highest BCUT2D eigenvalue weighted by molar-refractivity contribution is 6.16. The molecule has 1 aliphatic rings. The van der Waals surface area contributed by atoms with Crippen molar-refractivity contribution >= 4 is 17.6 Å². The van der Waals surface area contributed by atoms with Gasteiger partial charge in [0.2, 0.25) is 0 Å². The molecule has 9 heteroatoms. The summed E-state index contributed by atoms with van der Waals surface area (Å²) in [4.78, 5) is 29.7. The number of benzene rings is 1. The summed E-state index contributed by atoms with van der Waals surface area (Å²) in [6.07, 6.45) is -3.58. The molecule has 3 rings (SSSR count). The van der Waals surface area contributed by atoms with Crippen molar-refractivity contribution in [3.05, 3.63) is 60.1 Å². The van der Waals surface area contributed by atoms with Gasteiger partial charge in [0.1, 0.15) is 5.84 Å². The van der Waals surface area contributed by atoms with Crippen LogP contribution in [0.25, 0.3) is 0 Å². The average molecular weight is 379 g/mol. The second kappa shape index (κ2) is 6.90. The lowest BCUT2D eigenvalue weighted by Gasteiger charge is -2.28. The fourth-order valence-corrected chi connectivity index (χ4v) is 2.77. The quantitative estimate of drug-likeness (QED) is 0.868. The summed E-state index contributed by atoms with van der Waals surface area (Å²) in [6.45, 7) is 1.76. The van der Waals surface area contributed by atoms with Crippen LogP contribution in [0.2, 0.25) is 0 Å². The van der Waals surface area contributed by atoms with E-state index in [9.17, 15) is 22.8 Å². The third kappa shape index (κ3) is 3.20. The molecule has 0 spiro atoms. The van der Waals surface area contributed by atoms with E-state index in [-0.39, 0.29) is 18.1 Å². The van der Waals surface area contributed by atoms with Gasteiger partial charge >= 0.3 is 11.8 Å². The zero-order valence-corrected chi connectivity index (χ0v) is 14.3. The van der Waals surface area contributed by atoms with Gasteiger partial charge in [0.25, 0.3) is 11.8 Å². The summed E-state index contributed by atoms with van der Waals surface area (Å²) >= 11 is 0. The van der Waals surface area contributed by atoms with Gasteiger partial charge in [-0.2, -0.15) is 13.2 Å². The van der Waals surface area contributed by atoms with Crippen LogP contribution in [-0.4, -0.2) is 40.9 Å². The van der Waals surface area contributed by atoms with E-state index in [1.807, 2.05) is 0 Å². The van der Waals surface area contributed by atoms with Crippen molar-refractivity contribution in [1.29, 1.82) is 0 Å². The normalized spacial score (nSPS) is 19.9. The standard InChI is InChI=1S/C18H16F3N3O3/c1-2-10-24-14(12-7-4-3-5-8-12)22-17(16(24)26,18(19,20)21)23-15(25)13-9-6-11-27-13/h3-9,11H,2,10H2,1H3,(H,23,25)/t17-/m1/s1. The Morgan fingerprint density at radius 2 is 1.93 bits per heavy atom. The average Bonchev–Trinajstić information content (AvgIpc) is 3.25. The van der Waals surface area contributed by atoms with Gasteiger partial charge in [-0.25, -0.2) is 4.99 Å². The lowest BCUT2D eigenvalue weighted by molar-refractivity contribution is -0.196. The van der Waals surface area contributed by atoms with Crippen LogP contribution in [0.4, 0.5) is 13.2 Å². The Balaban J connectivity index is 2.10. The lowest BCUT2D eigenvalue weighted by atomic mass is 10.1. The molecule has 0 unspecified atom stereocenters. The monoisotopic (exact) mass is 379 g/mol. The number of hydrogen-bond acceptors (Lipinski definition) is 4. The summed E-state index contributed by atoms with van der Waals surface area (Å²) in [5, 5.41) is 1.74. The van der Waals surface area contributed by atoms with Crippen LogP contribution in [0.1, 0.15) is 29.5 Å². The van der Waals surface area contributed by atoms with Crippen molar-refractivity contribution in [3.63, 3.8) is 0 Å². The SMILES string of the molecule is CCCN1C(=O)[C@@](NC(=O)c2ccco2)(C(F)(F)F)N=C1c1ccccc1. The number of nitrogens with one attached hydrogen (secondary N) is 1. The van der Waals surface area contributed by atoms with E-state index >= 15 is 0 Å². The highest BCUT2D eigenvalue weighted by Crippen LogP contribution is 2.38. The van der Waals surface area contributed by atoms with Gasteiger partial charge in [-0.15, -0.1) is 0 Å². The molecule has 1 aromatic heterocycles. The van der Waals surface area contributed by atoms with Crippen molar-refractivity contribution < 1.29 is 27.2 Å². The third-order valence-electron chi connectivity index (χ3n) is 4.01. The minimum Gasteiger partial charge on any atom is -0.459 e. The second-order valence-corrected chi connectivity index (χ2v) is 5.90. The summed E-state index contributed by atoms with van der Waals surface area (Å²) < 4.78 is 46.7. The molecule has 27 heavy (non-hydrogen) atoms. The Labute approximate surface area is 152 Å². The number of amides is 2. The van der Waals surface area contributed by atoms with Gasteiger partial charge in [0.15, 0.2) is 5.76 Å². The van der Waals surface area contributed by atoms with E-state index in [2.05, 4.69) is 4.99 Å². The molecule has 1 N–H and O–H groups in total. The molecule has 1 aliphatic heterocycles. The van der Waals surface area contributed by atoms with Crippen molar-refractivity contribution in [2.75, 3.05) is 6.54 Å². The molecular formula is C18H16F3N3O3. The maximum absolute atomic E-state index is 14.0. The van der Waals surface area contributed by atoms with Crippen LogP contribution in [0.15, 0.2) is 58.1 Å². The molecular weight excluding hydrogens is 363 g/mol. The molecule has 1 atom stereocenters. The maximum atomic E-state index is 14.0. The molecule has 6 nitrogen and oxygen atoms in total. The molecule has 1 aromatic carbocycles. The predicted octanol–water partition coefficient (Wildman–Crippen LogP) is 2.97. The number of nitrogens with zero attached hydrogens (tertiary/aromatic N) is 2. The number of amidine groups is 1. The Morgan fingerprint density at radius 1 is 1.22 bits per heavy atom. The number of hydrogen-bond donors (Lipinski definition) is 1. The van der Waals surface area contributed by atoms with Gasteiger partial charge < -0.3 is 9.73 Å². The van der Waals surface area contributed by atoms with E-state index < -0.39 is 23.7 Å². The first-order valence-corrected chi connectivity index (χ1v) is 8.20. The molecule has 0 radical (unpaired) electrons. The molecule has 2 heterocycles. The zero-order valence-electron chi connectivity index (χ0n) is 14.3. The Hall–Kier alpha value is -3.10. The minimum absolute atomic E-state index is 0.0288. The van der Waals surface area contributed by atoms with Gasteiger partial charge in [-0.05, 0) is 18.6 Å². The molecule has 0 saturated carbocycles. The van der Waals surface area contributed by atoms with E-state index in [0.717, 1.165) is 11.2 Å². The predicted molar refractivity (Wildman–Crippen MR) is 89.9 cm³/mol. The molecule has 0 aliphatic carbocycles. The highest BCUT2D eigenvalue weighted by atomic mass is 19.4. The summed E-state index contributed by atoms with van der Waals surface area (Å²) in [5.74, 6) is -3.02. The van der Waals surface area contributed by atoms with Crippen LogP contribution >= 0.6 is 0 Å². The number of carbonyl (C=O) groups excluding carboxylic acids is 2. The minimum atomic E-state index is -5.14. The first kappa shape index (κ1) is 18.7. The van der Waals surface area contributed by atoms with E-state index in [1.165, 1.54) is 12.1 Å². The Kier molecular flexibility index (Phi) is 4.77. The first-order chi connectivity index (χ1) is 12.8. The molecule has 142 valence electrons. The maximum Gasteiger partial charge on any atom is 0.442 e. The van der Waals surface area contributed by atoms with Crippen molar-refractivity contribution in [2.45, 2.75) is 25.2 Å². The van der Waals surface area contributed by atoms with Crippen molar-refractivity contribution in [1.82, 2.24) is 10.2 Å². The molecule has 0 saturated heterocycles. The summed E-state index contributed by atoms with van der Waals surface area (Å²) in [5.41, 5.74) is -3.06. The van der Waals surface area contributed by atoms with Crippen LogP contribution in [-0.2, 0) is 4.79 Å². The van der Waals surface area contributed by atoms with Crippen LogP contribution in [0, 0.1) is 0 Å². The fourth-order valence-electron chi connectivity index (χ4n) is 2.77. The van der Waals surface area contributed by atoms with E-state index in [1.54, 1.807) is 42.6 Å². The van der Waals surface area contributed by atoms with E-state index in [4.69, 9.17) is 4.42 Å². The number of halogens is 3. The first-order valence-electron chi connectivity index (χ1n) is 8.20. The summed E-state index contributed by atoms with van der Waals surface area (Å²) in [7, 11) is 0. The molecule has 0 fully saturated rings. The van der Waals surface area contributed by atoms with Crippen LogP contribution in [0.5, 0.6) is 0 Å². The largest absolute Gasteiger partial charge is 0.459 e. The van der Waals surface area contributed by atoms with Gasteiger partial charge in [0.05, 0.1) is 6.26 Å². The Morgan fingerprint density at radius 3 is 2.48 bits per heavy atom. The number of carbonyl (C=O) groups is 2. The van der Waals surface area contributed by atoms with Gasteiger partial charge in [-0.3, -0.25) is 14.5 Å². The van der Waals surface area contributed by atoms with Gasteiger partial charge in [0, 0.05) is 12.1 Å². The molecule has 2 amide bonds. The van der Waals surface area contributed by atoms with Crippen molar-refractivity contribution in [2.24, 2.45) is 4.99 Å². The highest BCUT2D eigenvalue weighted by Gasteiger charge is 2.67. The smallest absolute Gasteiger partial charge is 0.442 e. The van der Waals surface area contributed by atoms with Gasteiger partial charge in [-0.1, -0.05) is 37.3 Å². The third-order valence-corrected chi connectivity index (χ3v) is 4.01. The summed E-state index contributed by atoms with van der Waals surface area (Å²) in [6, 6.07) is 10.6. The number of aliphatic imine (C=N–C) groups is 1. The molecule has 2 aromatic rings. The number of alkyl halides is 3. The second-order valence-electron chi connectivity index (χ2n) is 5.90. The topological polar surface area (TPSA) is 74.9 Å².